The van der Waals surface area contributed by atoms with Gasteiger partial charge in [0.2, 0.25) is 0 Å². The SMILES string of the molecule is COCC(O)CNC1CCCS(=O)(=O)C1. The number of methoxy groups -OCH3 is 1. The van der Waals surface area contributed by atoms with E-state index in [1.165, 1.54) is 7.11 Å². The smallest absolute Gasteiger partial charge is 0.151 e. The van der Waals surface area contributed by atoms with Crippen molar-refractivity contribution in [2.24, 2.45) is 0 Å². The Hall–Kier alpha value is -0.170. The molecule has 2 atom stereocenters. The van der Waals surface area contributed by atoms with Crippen LogP contribution in [0.3, 0.4) is 0 Å². The zero-order chi connectivity index (χ0) is 11.3. The highest BCUT2D eigenvalue weighted by atomic mass is 32.2. The summed E-state index contributed by atoms with van der Waals surface area (Å²) in [5, 5.41) is 12.4. The number of aliphatic hydroxyl groups is 1. The molecule has 0 aromatic heterocycles. The summed E-state index contributed by atoms with van der Waals surface area (Å²) in [6, 6.07) is -0.0183. The fourth-order valence-corrected chi connectivity index (χ4v) is 3.41. The van der Waals surface area contributed by atoms with Crippen LogP contribution in [0.15, 0.2) is 0 Å². The second kappa shape index (κ2) is 5.79. The lowest BCUT2D eigenvalue weighted by Gasteiger charge is -2.24. The van der Waals surface area contributed by atoms with Gasteiger partial charge in [-0.1, -0.05) is 0 Å². The zero-order valence-electron chi connectivity index (χ0n) is 8.98. The van der Waals surface area contributed by atoms with Gasteiger partial charge in [0.25, 0.3) is 0 Å². The van der Waals surface area contributed by atoms with Crippen molar-refractivity contribution in [1.82, 2.24) is 5.32 Å². The molecule has 2 unspecified atom stereocenters. The van der Waals surface area contributed by atoms with E-state index in [0.29, 0.717) is 18.7 Å². The molecule has 15 heavy (non-hydrogen) atoms. The fourth-order valence-electron chi connectivity index (χ4n) is 1.74. The average Bonchev–Trinajstić information content (AvgIpc) is 2.14. The van der Waals surface area contributed by atoms with E-state index in [0.717, 1.165) is 6.42 Å². The highest BCUT2D eigenvalue weighted by Gasteiger charge is 2.24. The van der Waals surface area contributed by atoms with E-state index in [4.69, 9.17) is 4.74 Å². The quantitative estimate of drug-likeness (QED) is 0.652. The van der Waals surface area contributed by atoms with Crippen molar-refractivity contribution in [3.05, 3.63) is 0 Å². The first-order chi connectivity index (χ1) is 7.03. The molecule has 1 aliphatic rings. The van der Waals surface area contributed by atoms with Gasteiger partial charge in [0, 0.05) is 19.7 Å². The third-order valence-corrected chi connectivity index (χ3v) is 4.29. The molecule has 1 saturated heterocycles. The molecule has 90 valence electrons. The number of hydrogen-bond donors (Lipinski definition) is 2. The van der Waals surface area contributed by atoms with E-state index in [2.05, 4.69) is 5.32 Å². The van der Waals surface area contributed by atoms with Gasteiger partial charge in [-0.3, -0.25) is 0 Å². The van der Waals surface area contributed by atoms with Crippen LogP contribution in [0.1, 0.15) is 12.8 Å². The van der Waals surface area contributed by atoms with Crippen LogP contribution in [0.5, 0.6) is 0 Å². The van der Waals surface area contributed by atoms with Gasteiger partial charge >= 0.3 is 0 Å². The van der Waals surface area contributed by atoms with Crippen LogP contribution in [0.4, 0.5) is 0 Å². The molecular weight excluding hydrogens is 218 g/mol. The van der Waals surface area contributed by atoms with E-state index >= 15 is 0 Å². The third-order valence-electron chi connectivity index (χ3n) is 2.46. The Balaban J connectivity index is 2.27. The predicted molar refractivity (Wildman–Crippen MR) is 57.6 cm³/mol. The number of rotatable bonds is 5. The van der Waals surface area contributed by atoms with Crippen molar-refractivity contribution in [3.63, 3.8) is 0 Å². The summed E-state index contributed by atoms with van der Waals surface area (Å²) in [6.45, 7) is 0.653. The van der Waals surface area contributed by atoms with Crippen LogP contribution in [-0.4, -0.2) is 57.4 Å². The largest absolute Gasteiger partial charge is 0.389 e. The molecule has 1 heterocycles. The van der Waals surface area contributed by atoms with Crippen molar-refractivity contribution in [2.45, 2.75) is 25.0 Å². The summed E-state index contributed by atoms with van der Waals surface area (Å²) in [7, 11) is -1.35. The molecule has 0 radical (unpaired) electrons. The Morgan fingerprint density at radius 3 is 2.93 bits per heavy atom. The van der Waals surface area contributed by atoms with Crippen LogP contribution in [0.25, 0.3) is 0 Å². The number of hydrogen-bond acceptors (Lipinski definition) is 5. The number of sulfone groups is 1. The van der Waals surface area contributed by atoms with Gasteiger partial charge in [-0.15, -0.1) is 0 Å². The third kappa shape index (κ3) is 4.92. The van der Waals surface area contributed by atoms with Crippen molar-refractivity contribution in [1.29, 1.82) is 0 Å². The lowest BCUT2D eigenvalue weighted by Crippen LogP contribution is -2.44. The molecule has 1 rings (SSSR count). The number of nitrogens with one attached hydrogen (secondary N) is 1. The topological polar surface area (TPSA) is 75.6 Å². The van der Waals surface area contributed by atoms with Crippen LogP contribution < -0.4 is 5.32 Å². The maximum absolute atomic E-state index is 11.3. The highest BCUT2D eigenvalue weighted by molar-refractivity contribution is 7.91. The summed E-state index contributed by atoms with van der Waals surface area (Å²) < 4.78 is 27.4. The Bertz CT molecular complexity index is 278. The minimum Gasteiger partial charge on any atom is -0.389 e. The molecule has 2 N–H and O–H groups in total. The maximum Gasteiger partial charge on any atom is 0.151 e. The Kier molecular flexibility index (Phi) is 4.98. The lowest BCUT2D eigenvalue weighted by atomic mass is 10.2. The van der Waals surface area contributed by atoms with E-state index in [1.54, 1.807) is 0 Å². The molecular formula is C9H19NO4S. The maximum atomic E-state index is 11.3. The van der Waals surface area contributed by atoms with Gasteiger partial charge in [-0.25, -0.2) is 8.42 Å². The van der Waals surface area contributed by atoms with Crippen LogP contribution in [-0.2, 0) is 14.6 Å². The van der Waals surface area contributed by atoms with Crippen LogP contribution >= 0.6 is 0 Å². The summed E-state index contributed by atoms with van der Waals surface area (Å²) in [5.74, 6) is 0.485. The molecule has 0 bridgehead atoms. The molecule has 0 aromatic carbocycles. The minimum absolute atomic E-state index is 0.0183. The number of ether oxygens (including phenoxy) is 1. The molecule has 0 amide bonds. The Labute approximate surface area is 90.7 Å². The summed E-state index contributed by atoms with van der Waals surface area (Å²) >= 11 is 0. The first-order valence-electron chi connectivity index (χ1n) is 5.14. The normalized spacial score (nSPS) is 27.5. The molecule has 1 fully saturated rings. The summed E-state index contributed by atoms with van der Waals surface area (Å²) in [6.07, 6.45) is 0.999. The second-order valence-electron chi connectivity index (χ2n) is 3.97. The monoisotopic (exact) mass is 237 g/mol. The van der Waals surface area contributed by atoms with Crippen LogP contribution in [0, 0.1) is 0 Å². The van der Waals surface area contributed by atoms with E-state index in [-0.39, 0.29) is 18.4 Å². The molecule has 0 spiro atoms. The van der Waals surface area contributed by atoms with Gasteiger partial charge in [-0.2, -0.15) is 0 Å². The highest BCUT2D eigenvalue weighted by Crippen LogP contribution is 2.11. The number of aliphatic hydroxyl groups excluding tert-OH is 1. The molecule has 0 aromatic rings. The van der Waals surface area contributed by atoms with Gasteiger partial charge in [0.1, 0.15) is 0 Å². The van der Waals surface area contributed by atoms with Gasteiger partial charge < -0.3 is 15.2 Å². The Morgan fingerprint density at radius 2 is 2.33 bits per heavy atom. The molecule has 1 aliphatic heterocycles. The second-order valence-corrected chi connectivity index (χ2v) is 6.20. The van der Waals surface area contributed by atoms with Gasteiger partial charge in [0.05, 0.1) is 24.2 Å². The zero-order valence-corrected chi connectivity index (χ0v) is 9.79. The van der Waals surface area contributed by atoms with E-state index in [1.807, 2.05) is 0 Å². The summed E-state index contributed by atoms with van der Waals surface area (Å²) in [4.78, 5) is 0. The van der Waals surface area contributed by atoms with E-state index < -0.39 is 15.9 Å². The first kappa shape index (κ1) is 12.9. The van der Waals surface area contributed by atoms with Gasteiger partial charge in [0.15, 0.2) is 9.84 Å². The molecule has 6 heteroatoms. The lowest BCUT2D eigenvalue weighted by molar-refractivity contribution is 0.0628. The Morgan fingerprint density at radius 1 is 1.60 bits per heavy atom. The summed E-state index contributed by atoms with van der Waals surface area (Å²) in [5.41, 5.74) is 0. The minimum atomic E-state index is -2.87. The van der Waals surface area contributed by atoms with Crippen molar-refractivity contribution >= 4 is 9.84 Å². The molecule has 5 nitrogen and oxygen atoms in total. The van der Waals surface area contributed by atoms with Gasteiger partial charge in [-0.05, 0) is 12.8 Å². The fraction of sp³-hybridized carbons (Fsp3) is 1.00. The predicted octanol–water partition coefficient (Wildman–Crippen LogP) is -0.839. The molecule has 0 aliphatic carbocycles. The standard InChI is InChI=1S/C9H19NO4S/c1-14-6-9(11)5-10-8-3-2-4-15(12,13)7-8/h8-11H,2-7H2,1H3. The van der Waals surface area contributed by atoms with Crippen molar-refractivity contribution < 1.29 is 18.3 Å². The molecule has 0 saturated carbocycles. The average molecular weight is 237 g/mol. The van der Waals surface area contributed by atoms with Crippen molar-refractivity contribution in [2.75, 3.05) is 31.8 Å². The van der Waals surface area contributed by atoms with E-state index in [9.17, 15) is 13.5 Å². The van der Waals surface area contributed by atoms with Crippen molar-refractivity contribution in [3.8, 4) is 0 Å². The van der Waals surface area contributed by atoms with Crippen LogP contribution in [0.2, 0.25) is 0 Å². The first-order valence-corrected chi connectivity index (χ1v) is 6.96.